The predicted molar refractivity (Wildman–Crippen MR) is 565 cm³/mol. The Kier molecular flexibility index (Phi) is 30.0. The van der Waals surface area contributed by atoms with Gasteiger partial charge in [0.25, 0.3) is 0 Å². The molecular formula is C99H125Br3N25O6P3. The molecule has 6 aromatic heterocycles. The first kappa shape index (κ1) is 97.8. The number of ether oxygens (including phenoxy) is 3. The fraction of sp³-hybridized carbons (Fsp3) is 0.455. The van der Waals surface area contributed by atoms with Gasteiger partial charge >= 0.3 is 0 Å². The maximum Gasteiger partial charge on any atom is 0.229 e. The fourth-order valence-electron chi connectivity index (χ4n) is 20.2. The Labute approximate surface area is 822 Å². The number of piperidine rings is 5. The zero-order valence-electron chi connectivity index (χ0n) is 80.3. The molecule has 12 heterocycles. The number of aryl methyl sites for hydroxylation is 2. The van der Waals surface area contributed by atoms with Crippen LogP contribution >= 0.6 is 69.2 Å². The molecule has 0 amide bonds. The van der Waals surface area contributed by atoms with Gasteiger partial charge in [-0.1, -0.05) is 6.92 Å². The van der Waals surface area contributed by atoms with Gasteiger partial charge in [-0.2, -0.15) is 15.0 Å². The number of methoxy groups -OCH3 is 3. The molecule has 1 aliphatic carbocycles. The number of benzene rings is 6. The Hall–Kier alpha value is -9.85. The number of rotatable bonds is 24. The predicted octanol–water partition coefficient (Wildman–Crippen LogP) is 19.4. The lowest BCUT2D eigenvalue weighted by atomic mass is 9.71. The number of nitrogens with zero attached hydrogens (tertiary/aromatic N) is 19. The van der Waals surface area contributed by atoms with Crippen LogP contribution < -0.4 is 76.7 Å². The van der Waals surface area contributed by atoms with Crippen LogP contribution in [0.15, 0.2) is 142 Å². The van der Waals surface area contributed by atoms with Crippen molar-refractivity contribution in [2.24, 2.45) is 10.8 Å². The summed E-state index contributed by atoms with van der Waals surface area (Å²) in [7, 11) is 3.61. The Morgan fingerprint density at radius 3 is 1.10 bits per heavy atom. The van der Waals surface area contributed by atoms with Gasteiger partial charge in [0.2, 0.25) is 17.8 Å². The average molecular weight is 2090 g/mol. The van der Waals surface area contributed by atoms with Crippen molar-refractivity contribution in [3.05, 3.63) is 159 Å². The molecule has 31 nitrogen and oxygen atoms in total. The Bertz CT molecular complexity index is 6520. The molecule has 7 aliphatic rings. The minimum absolute atomic E-state index is 0.404. The van der Waals surface area contributed by atoms with E-state index >= 15 is 0 Å². The van der Waals surface area contributed by atoms with Crippen LogP contribution in [0.1, 0.15) is 107 Å². The zero-order chi connectivity index (χ0) is 95.5. The van der Waals surface area contributed by atoms with Crippen molar-refractivity contribution in [1.82, 2.24) is 79.4 Å². The molecule has 19 rings (SSSR count). The lowest BCUT2D eigenvalue weighted by Crippen LogP contribution is -2.52. The van der Waals surface area contributed by atoms with Crippen molar-refractivity contribution in [3.8, 4) is 17.2 Å². The second-order valence-corrected chi connectivity index (χ2v) is 50.5. The quantitative estimate of drug-likeness (QED) is 0.0306. The number of halogens is 3. The Morgan fingerprint density at radius 2 is 0.721 bits per heavy atom. The van der Waals surface area contributed by atoms with Crippen LogP contribution in [-0.4, -0.2) is 260 Å². The summed E-state index contributed by atoms with van der Waals surface area (Å²) >= 11 is 10.8. The minimum Gasteiger partial charge on any atom is -0.494 e. The third-order valence-corrected chi connectivity index (χ3v) is 34.5. The highest BCUT2D eigenvalue weighted by molar-refractivity contribution is 9.11. The summed E-state index contributed by atoms with van der Waals surface area (Å²) in [5, 5.41) is 22.3. The van der Waals surface area contributed by atoms with E-state index in [0.717, 1.165) is 93.1 Å². The van der Waals surface area contributed by atoms with Crippen LogP contribution in [0.2, 0.25) is 0 Å². The number of nitrogens with one attached hydrogen (secondary N) is 6. The van der Waals surface area contributed by atoms with Gasteiger partial charge in [0.15, 0.2) is 0 Å². The van der Waals surface area contributed by atoms with Gasteiger partial charge in [-0.25, -0.2) is 15.0 Å². The zero-order valence-corrected chi connectivity index (χ0v) is 87.7. The van der Waals surface area contributed by atoms with E-state index in [4.69, 9.17) is 29.2 Å². The van der Waals surface area contributed by atoms with Crippen LogP contribution in [0.3, 0.4) is 0 Å². The Morgan fingerprint density at radius 1 is 0.382 bits per heavy atom. The highest BCUT2D eigenvalue weighted by Gasteiger charge is 2.41. The van der Waals surface area contributed by atoms with Gasteiger partial charge < -0.3 is 89.2 Å². The lowest BCUT2D eigenvalue weighted by molar-refractivity contribution is 0.0944. The summed E-state index contributed by atoms with van der Waals surface area (Å²) < 4.78 is 60.0. The number of fused-ring (bicyclic) bond motifs is 3. The van der Waals surface area contributed by atoms with Gasteiger partial charge in [0.1, 0.15) is 72.7 Å². The average Bonchev–Trinajstić information content (AvgIpc) is 1.62. The number of hydrogen-bond donors (Lipinski definition) is 6. The molecule has 6 saturated heterocycles. The van der Waals surface area contributed by atoms with Gasteiger partial charge in [-0.05, 0) is 314 Å². The first-order valence-electron chi connectivity index (χ1n) is 47.1. The highest BCUT2D eigenvalue weighted by atomic mass is 79.9. The number of piperazine rings is 1. The molecule has 0 unspecified atom stereocenters. The number of hydrogen-bond acceptors (Lipinski definition) is 31. The topological polar surface area (TPSA) is 328 Å². The molecular weight excluding hydrogens is 1970 g/mol. The molecule has 2 spiro atoms. The molecule has 0 radical (unpaired) electrons. The molecule has 0 atom stereocenters. The number of anilines is 15. The largest absolute Gasteiger partial charge is 0.494 e. The van der Waals surface area contributed by atoms with Gasteiger partial charge in [0, 0.05) is 163 Å². The van der Waals surface area contributed by atoms with E-state index in [2.05, 4.69) is 230 Å². The van der Waals surface area contributed by atoms with E-state index in [1.807, 2.05) is 36.4 Å². The SMILES string of the molecule is CCc1cc(Nc2ncc(Br)c(Nc3ccc4nccnc4c3P(C)(C)=O)n2)c(OC)cc1N1CCC2(CCN(C)CC2)CC1.COc1cc(N2CCC(N3CCN(C)CC3)CC2)c(C2CC2)cc1Nc1ncc(Br)c(Nc2ccc3nccnc3c2P(C)(C)=O)n1.COc1cc(N2CCC3(CCN(C)CC3)CC2)c(C)cc1Nc1ncc(Br)c(Nc2ccc3nccnc3c2P(C)(C)=O)n1. The number of likely N-dealkylation sites (tertiary alicyclic amines) is 2. The minimum atomic E-state index is -2.73. The second kappa shape index (κ2) is 41.7. The van der Waals surface area contributed by atoms with Crippen molar-refractivity contribution in [2.45, 2.75) is 109 Å². The molecule has 6 aliphatic heterocycles. The number of aromatic nitrogens is 12. The van der Waals surface area contributed by atoms with Crippen LogP contribution in [0.5, 0.6) is 17.2 Å². The first-order valence-corrected chi connectivity index (χ1v) is 57.2. The van der Waals surface area contributed by atoms with E-state index in [0.29, 0.717) is 138 Å². The standard InChI is InChI=1S/C34H43BrN9O2P.C33H42BrN8O2P.C32H40BrN8O2P/c1-42-15-17-43(18-16-42)23-9-13-44(14-10-23)29-20-30(46-2)28(19-24(29)22-5-6-22)40-34-38-21-25(35)33(41-34)39-27-8-7-26-31(37-12-11-36-26)32(27)47(3,4)45;1-6-22-19-26(28(44-3)20-27(22)42-17-11-33(12-18-42)9-15-41(2)16-10-33)39-32-37-21-23(34)31(40-32)38-25-8-7-24-29(36-14-13-35-24)30(25)45(4,5)43;1-21-18-25(27(43-3)19-26(21)41-16-10-32(11-17-41)8-14-40(2)15-9-32)38-31-36-20-22(33)30(39-31)37-24-7-6-23-28(35-13-12-34-23)29(24)44(4,5)42/h7-8,11-12,19-23H,5-6,9-10,13-18H2,1-4H3,(H2,38,39,40,41);7-8,13-14,19-21H,6,9-12,15-18H2,1-5H3,(H2,37,38,39,40);6-7,12-13,18-20H,8-11,14-17H2,1-5H3,(H2,36,37,38,39). The summed E-state index contributed by atoms with van der Waals surface area (Å²) in [6.45, 7) is 30.7. The summed E-state index contributed by atoms with van der Waals surface area (Å²) in [6, 6.07) is 24.9. The van der Waals surface area contributed by atoms with Crippen LogP contribution in [-0.2, 0) is 20.1 Å². The third kappa shape index (κ3) is 22.4. The summed E-state index contributed by atoms with van der Waals surface area (Å²) in [6.07, 6.45) is 30.7. The third-order valence-electron chi connectivity index (χ3n) is 28.1. The van der Waals surface area contributed by atoms with Gasteiger partial charge in [-0.15, -0.1) is 0 Å². The van der Waals surface area contributed by atoms with Crippen molar-refractivity contribution in [1.29, 1.82) is 0 Å². The van der Waals surface area contributed by atoms with Crippen molar-refractivity contribution in [3.63, 3.8) is 0 Å². The monoisotopic (exact) mass is 2090 g/mol. The number of likely N-dealkylation sites (N-methyl/N-ethyl adjacent to an activating group) is 1. The molecule has 0 bridgehead atoms. The second-order valence-electron chi connectivity index (χ2n) is 38.5. The van der Waals surface area contributed by atoms with E-state index < -0.39 is 21.4 Å². The van der Waals surface area contributed by atoms with E-state index in [1.165, 1.54) is 150 Å². The highest BCUT2D eigenvalue weighted by Crippen LogP contribution is 2.52. The van der Waals surface area contributed by atoms with Crippen molar-refractivity contribution in [2.75, 3.05) is 221 Å². The summed E-state index contributed by atoms with van der Waals surface area (Å²) in [5.74, 6) is 5.66. The maximum atomic E-state index is 13.5. The van der Waals surface area contributed by atoms with Crippen LogP contribution in [0.4, 0.5) is 86.5 Å². The van der Waals surface area contributed by atoms with Crippen LogP contribution in [0.25, 0.3) is 33.1 Å². The fourth-order valence-corrected chi connectivity index (χ4v) is 25.2. The Balaban J connectivity index is 0.000000142. The summed E-state index contributed by atoms with van der Waals surface area (Å²) in [4.78, 5) is 72.3. The summed E-state index contributed by atoms with van der Waals surface area (Å²) in [5.41, 5.74) is 16.9. The lowest BCUT2D eigenvalue weighted by Gasteiger charge is -2.47. The molecule has 7 fully saturated rings. The smallest absolute Gasteiger partial charge is 0.229 e. The van der Waals surface area contributed by atoms with Gasteiger partial charge in [0.05, 0.1) is 101 Å². The molecule has 718 valence electrons. The first-order chi connectivity index (χ1) is 65.3. The molecule has 136 heavy (non-hydrogen) atoms. The van der Waals surface area contributed by atoms with E-state index in [1.54, 1.807) is 117 Å². The molecule has 6 aromatic carbocycles. The van der Waals surface area contributed by atoms with Crippen molar-refractivity contribution >= 4 is 205 Å². The van der Waals surface area contributed by atoms with Crippen LogP contribution in [0, 0.1) is 17.8 Å². The molecule has 12 aromatic rings. The molecule has 37 heteroatoms. The van der Waals surface area contributed by atoms with E-state index in [-0.39, 0.29) is 0 Å². The van der Waals surface area contributed by atoms with Crippen molar-refractivity contribution < 1.29 is 27.9 Å². The van der Waals surface area contributed by atoms with Gasteiger partial charge in [-0.3, -0.25) is 34.8 Å². The maximum absolute atomic E-state index is 13.5. The molecule has 6 N–H and O–H groups in total. The van der Waals surface area contributed by atoms with E-state index in [9.17, 15) is 13.7 Å². The molecule has 1 saturated carbocycles. The normalized spacial score (nSPS) is 17.6.